The molecule has 2 N–H and O–H groups in total. The van der Waals surface area contributed by atoms with Gasteiger partial charge in [0, 0.05) is 57.8 Å². The second kappa shape index (κ2) is 12.1. The Kier molecular flexibility index (Phi) is 8.63. The van der Waals surface area contributed by atoms with Crippen molar-refractivity contribution in [3.8, 4) is 5.75 Å². The van der Waals surface area contributed by atoms with Gasteiger partial charge >= 0.3 is 0 Å². The highest BCUT2D eigenvalue weighted by Crippen LogP contribution is 2.26. The van der Waals surface area contributed by atoms with Crippen LogP contribution in [0.4, 0.5) is 11.4 Å². The Morgan fingerprint density at radius 1 is 1.08 bits per heavy atom. The van der Waals surface area contributed by atoms with E-state index in [1.54, 1.807) is 6.20 Å². The second-order valence-corrected chi connectivity index (χ2v) is 10.4. The highest BCUT2D eigenvalue weighted by atomic mass is 16.5. The maximum Gasteiger partial charge on any atom is 0.245 e. The van der Waals surface area contributed by atoms with E-state index in [1.165, 1.54) is 6.92 Å². The van der Waals surface area contributed by atoms with Crippen molar-refractivity contribution >= 4 is 29.1 Å². The number of amides is 3. The first kappa shape index (κ1) is 26.4. The van der Waals surface area contributed by atoms with E-state index < -0.39 is 6.04 Å². The maximum atomic E-state index is 13.0. The van der Waals surface area contributed by atoms with Gasteiger partial charge in [0.1, 0.15) is 17.9 Å². The van der Waals surface area contributed by atoms with E-state index in [4.69, 9.17) is 4.74 Å². The number of pyridine rings is 1. The fraction of sp³-hybridized carbons (Fsp3) is 0.500. The molecule has 9 heteroatoms. The summed E-state index contributed by atoms with van der Waals surface area (Å²) in [6.07, 6.45) is 5.65. The van der Waals surface area contributed by atoms with Gasteiger partial charge in [-0.3, -0.25) is 19.4 Å². The zero-order valence-corrected chi connectivity index (χ0v) is 21.9. The zero-order valence-electron chi connectivity index (χ0n) is 21.9. The number of rotatable bonds is 9. The van der Waals surface area contributed by atoms with Crippen LogP contribution in [0.1, 0.15) is 40.0 Å². The molecule has 9 nitrogen and oxygen atoms in total. The minimum atomic E-state index is -0.476. The standard InChI is InChI=1S/C28H37N5O4/c1-19(2)15-26(30-20(3)34)28(36)32-13-10-25(11-14-32)37-24-8-6-22(7-9-24)31-27(35)21-17-33(18-21)23-5-4-12-29-16-23/h4-9,12,16,19,21,25-26H,10-11,13-15,17-18H2,1-3H3,(H,30,34)(H,31,35)/t26-/m0/s1. The SMILES string of the molecule is CC(=O)N[C@@H](CC(C)C)C(=O)N1CCC(Oc2ccc(NC(=O)C3CN(c4cccnc4)C3)cc2)CC1. The van der Waals surface area contributed by atoms with Crippen molar-refractivity contribution in [2.75, 3.05) is 36.4 Å². The highest BCUT2D eigenvalue weighted by molar-refractivity contribution is 5.94. The average Bonchev–Trinajstić information content (AvgIpc) is 2.84. The number of nitrogens with zero attached hydrogens (tertiary/aromatic N) is 3. The lowest BCUT2D eigenvalue weighted by molar-refractivity contribution is -0.138. The monoisotopic (exact) mass is 507 g/mol. The van der Waals surface area contributed by atoms with Gasteiger partial charge in [-0.15, -0.1) is 0 Å². The van der Waals surface area contributed by atoms with Crippen LogP contribution < -0.4 is 20.3 Å². The van der Waals surface area contributed by atoms with Gasteiger partial charge in [-0.2, -0.15) is 0 Å². The number of piperidine rings is 1. The zero-order chi connectivity index (χ0) is 26.4. The van der Waals surface area contributed by atoms with E-state index in [-0.39, 0.29) is 29.7 Å². The summed E-state index contributed by atoms with van der Waals surface area (Å²) in [5, 5.41) is 5.80. The molecule has 1 aromatic heterocycles. The van der Waals surface area contributed by atoms with Crippen molar-refractivity contribution in [3.05, 3.63) is 48.8 Å². The van der Waals surface area contributed by atoms with Gasteiger partial charge in [0.05, 0.1) is 17.8 Å². The van der Waals surface area contributed by atoms with Crippen LogP contribution in [0, 0.1) is 11.8 Å². The number of ether oxygens (including phenoxy) is 1. The van der Waals surface area contributed by atoms with Crippen molar-refractivity contribution in [3.63, 3.8) is 0 Å². The maximum absolute atomic E-state index is 13.0. The molecule has 0 saturated carbocycles. The fourth-order valence-electron chi connectivity index (χ4n) is 4.80. The first-order valence-electron chi connectivity index (χ1n) is 13.1. The minimum absolute atomic E-state index is 0.0147. The van der Waals surface area contributed by atoms with Crippen LogP contribution in [0.3, 0.4) is 0 Å². The molecule has 0 unspecified atom stereocenters. The summed E-state index contributed by atoms with van der Waals surface area (Å²) in [7, 11) is 0. The molecule has 198 valence electrons. The lowest BCUT2D eigenvalue weighted by Gasteiger charge is -2.39. The van der Waals surface area contributed by atoms with Crippen LogP contribution in [0.5, 0.6) is 5.75 Å². The normalized spacial score (nSPS) is 17.2. The lowest BCUT2D eigenvalue weighted by atomic mass is 9.98. The third kappa shape index (κ3) is 7.21. The molecule has 0 spiro atoms. The van der Waals surface area contributed by atoms with Crippen molar-refractivity contribution in [1.29, 1.82) is 0 Å². The van der Waals surface area contributed by atoms with Crippen LogP contribution in [-0.2, 0) is 14.4 Å². The third-order valence-corrected chi connectivity index (χ3v) is 6.82. The van der Waals surface area contributed by atoms with E-state index in [2.05, 4.69) is 20.5 Å². The first-order valence-corrected chi connectivity index (χ1v) is 13.1. The largest absolute Gasteiger partial charge is 0.490 e. The topological polar surface area (TPSA) is 104 Å². The van der Waals surface area contributed by atoms with Gasteiger partial charge in [0.25, 0.3) is 0 Å². The summed E-state index contributed by atoms with van der Waals surface area (Å²) in [5.74, 6) is 0.819. The molecule has 2 aromatic rings. The van der Waals surface area contributed by atoms with Gasteiger partial charge in [0.15, 0.2) is 0 Å². The summed E-state index contributed by atoms with van der Waals surface area (Å²) < 4.78 is 6.14. The summed E-state index contributed by atoms with van der Waals surface area (Å²) in [4.78, 5) is 45.2. The minimum Gasteiger partial charge on any atom is -0.490 e. The van der Waals surface area contributed by atoms with E-state index >= 15 is 0 Å². The summed E-state index contributed by atoms with van der Waals surface area (Å²) in [6, 6.07) is 10.9. The number of likely N-dealkylation sites (tertiary alicyclic amines) is 1. The molecular weight excluding hydrogens is 470 g/mol. The van der Waals surface area contributed by atoms with Crippen LogP contribution >= 0.6 is 0 Å². The van der Waals surface area contributed by atoms with Crippen LogP contribution in [0.15, 0.2) is 48.8 Å². The second-order valence-electron chi connectivity index (χ2n) is 10.4. The number of carbonyl (C=O) groups is 3. The number of anilines is 2. The molecule has 2 saturated heterocycles. The summed E-state index contributed by atoms with van der Waals surface area (Å²) >= 11 is 0. The van der Waals surface area contributed by atoms with Crippen molar-refractivity contribution in [2.24, 2.45) is 11.8 Å². The van der Waals surface area contributed by atoms with Gasteiger partial charge in [-0.1, -0.05) is 13.8 Å². The number of benzene rings is 1. The molecular formula is C28H37N5O4. The molecule has 2 aliphatic rings. The van der Waals surface area contributed by atoms with Gasteiger partial charge < -0.3 is 25.2 Å². The Balaban J connectivity index is 1.20. The Labute approximate surface area is 218 Å². The summed E-state index contributed by atoms with van der Waals surface area (Å²) in [6.45, 7) is 8.10. The van der Waals surface area contributed by atoms with Crippen molar-refractivity contribution < 1.29 is 19.1 Å². The average molecular weight is 508 g/mol. The first-order chi connectivity index (χ1) is 17.8. The smallest absolute Gasteiger partial charge is 0.245 e. The van der Waals surface area contributed by atoms with Crippen molar-refractivity contribution in [1.82, 2.24) is 15.2 Å². The van der Waals surface area contributed by atoms with Gasteiger partial charge in [0.2, 0.25) is 17.7 Å². The molecule has 1 aromatic carbocycles. The molecule has 3 heterocycles. The Morgan fingerprint density at radius 2 is 1.78 bits per heavy atom. The summed E-state index contributed by atoms with van der Waals surface area (Å²) in [5.41, 5.74) is 1.78. The van der Waals surface area contributed by atoms with E-state index in [0.29, 0.717) is 38.5 Å². The lowest BCUT2D eigenvalue weighted by Crippen LogP contribution is -2.52. The van der Waals surface area contributed by atoms with Crippen LogP contribution in [-0.4, -0.2) is 65.9 Å². The molecule has 0 aliphatic carbocycles. The van der Waals surface area contributed by atoms with Crippen LogP contribution in [0.25, 0.3) is 0 Å². The van der Waals surface area contributed by atoms with E-state index in [1.807, 2.05) is 61.3 Å². The van der Waals surface area contributed by atoms with Gasteiger partial charge in [-0.05, 0) is 48.7 Å². The molecule has 2 aliphatic heterocycles. The Hall–Kier alpha value is -3.62. The molecule has 0 radical (unpaired) electrons. The van der Waals surface area contributed by atoms with Crippen molar-refractivity contribution in [2.45, 2.75) is 52.2 Å². The number of aromatic nitrogens is 1. The van der Waals surface area contributed by atoms with Crippen LogP contribution in [0.2, 0.25) is 0 Å². The quantitative estimate of drug-likeness (QED) is 0.541. The molecule has 3 amide bonds. The molecule has 0 bridgehead atoms. The third-order valence-electron chi connectivity index (χ3n) is 6.82. The molecule has 1 atom stereocenters. The van der Waals surface area contributed by atoms with E-state index in [0.717, 1.165) is 30.0 Å². The predicted octanol–water partition coefficient (Wildman–Crippen LogP) is 3.08. The number of hydrogen-bond donors (Lipinski definition) is 2. The molecule has 37 heavy (non-hydrogen) atoms. The number of nitrogens with one attached hydrogen (secondary N) is 2. The Morgan fingerprint density at radius 3 is 2.38 bits per heavy atom. The molecule has 4 rings (SSSR count). The Bertz CT molecular complexity index is 1060. The number of hydrogen-bond acceptors (Lipinski definition) is 6. The predicted molar refractivity (Wildman–Crippen MR) is 142 cm³/mol. The highest BCUT2D eigenvalue weighted by Gasteiger charge is 2.33. The van der Waals surface area contributed by atoms with Gasteiger partial charge in [-0.25, -0.2) is 0 Å². The molecule has 2 fully saturated rings. The number of carbonyl (C=O) groups excluding carboxylic acids is 3. The van der Waals surface area contributed by atoms with E-state index in [9.17, 15) is 14.4 Å². The fourth-order valence-corrected chi connectivity index (χ4v) is 4.80.